The lowest BCUT2D eigenvalue weighted by Gasteiger charge is -2.27. The van der Waals surface area contributed by atoms with Crippen molar-refractivity contribution in [1.82, 2.24) is 19.7 Å². The number of carbonyl (C=O) groups excluding carboxylic acids is 2. The summed E-state index contributed by atoms with van der Waals surface area (Å²) in [5, 5.41) is 7.78. The number of aromatic nitrogens is 3. The quantitative estimate of drug-likeness (QED) is 0.752. The minimum Gasteiger partial charge on any atom is -0.378 e. The van der Waals surface area contributed by atoms with Crippen LogP contribution in [-0.2, 0) is 11.8 Å². The molecule has 0 atom stereocenters. The maximum atomic E-state index is 12.8. The van der Waals surface area contributed by atoms with Crippen LogP contribution in [0.5, 0.6) is 0 Å². The fourth-order valence-corrected chi connectivity index (χ4v) is 3.24. The summed E-state index contributed by atoms with van der Waals surface area (Å²) < 4.78 is 6.96. The number of pyridine rings is 1. The maximum absolute atomic E-state index is 12.8. The van der Waals surface area contributed by atoms with Crippen molar-refractivity contribution in [2.75, 3.05) is 31.6 Å². The van der Waals surface area contributed by atoms with Gasteiger partial charge in [-0.15, -0.1) is 0 Å². The second-order valence-electron chi connectivity index (χ2n) is 6.79. The summed E-state index contributed by atoms with van der Waals surface area (Å²) in [6.45, 7) is 4.13. The average Bonchev–Trinajstić information content (AvgIpc) is 3.10. The summed E-state index contributed by atoms with van der Waals surface area (Å²) in [4.78, 5) is 31.5. The molecule has 0 bridgehead atoms. The zero-order valence-corrected chi connectivity index (χ0v) is 15.8. The summed E-state index contributed by atoms with van der Waals surface area (Å²) in [7, 11) is 1.80. The number of fused-ring (bicyclic) bond motifs is 1. The van der Waals surface area contributed by atoms with Gasteiger partial charge >= 0.3 is 0 Å². The van der Waals surface area contributed by atoms with E-state index in [1.165, 1.54) is 6.20 Å². The number of ether oxygens (including phenoxy) is 1. The highest BCUT2D eigenvalue weighted by Gasteiger charge is 2.20. The normalized spacial score (nSPS) is 14.3. The van der Waals surface area contributed by atoms with Crippen molar-refractivity contribution < 1.29 is 14.3 Å². The Balaban J connectivity index is 1.55. The summed E-state index contributed by atoms with van der Waals surface area (Å²) in [5.41, 5.74) is 3.17. The van der Waals surface area contributed by atoms with E-state index in [1.807, 2.05) is 13.0 Å². The third kappa shape index (κ3) is 3.46. The molecule has 3 heterocycles. The highest BCUT2D eigenvalue weighted by molar-refractivity contribution is 6.06. The van der Waals surface area contributed by atoms with Gasteiger partial charge in [-0.05, 0) is 30.7 Å². The van der Waals surface area contributed by atoms with E-state index in [4.69, 9.17) is 4.74 Å². The maximum Gasteiger partial charge on any atom is 0.257 e. The fourth-order valence-electron chi connectivity index (χ4n) is 3.24. The number of benzene rings is 1. The van der Waals surface area contributed by atoms with Crippen molar-refractivity contribution in [2.45, 2.75) is 6.92 Å². The van der Waals surface area contributed by atoms with E-state index in [2.05, 4.69) is 15.4 Å². The van der Waals surface area contributed by atoms with Crippen LogP contribution in [0.3, 0.4) is 0 Å². The lowest BCUT2D eigenvalue weighted by atomic mass is 10.1. The van der Waals surface area contributed by atoms with E-state index in [0.717, 1.165) is 10.9 Å². The molecule has 1 fully saturated rings. The van der Waals surface area contributed by atoms with Crippen LogP contribution in [0.2, 0.25) is 0 Å². The molecule has 28 heavy (non-hydrogen) atoms. The van der Waals surface area contributed by atoms with Gasteiger partial charge in [0.25, 0.3) is 11.8 Å². The van der Waals surface area contributed by atoms with Gasteiger partial charge in [-0.3, -0.25) is 14.3 Å². The van der Waals surface area contributed by atoms with Crippen LogP contribution in [0.4, 0.5) is 5.69 Å². The van der Waals surface area contributed by atoms with Gasteiger partial charge in [-0.1, -0.05) is 6.07 Å². The second-order valence-corrected chi connectivity index (χ2v) is 6.79. The average molecular weight is 379 g/mol. The van der Waals surface area contributed by atoms with Crippen LogP contribution in [0, 0.1) is 6.92 Å². The minimum atomic E-state index is -0.285. The summed E-state index contributed by atoms with van der Waals surface area (Å²) in [6, 6.07) is 7.10. The van der Waals surface area contributed by atoms with Gasteiger partial charge in [0.1, 0.15) is 0 Å². The van der Waals surface area contributed by atoms with Crippen molar-refractivity contribution in [3.63, 3.8) is 0 Å². The van der Waals surface area contributed by atoms with Crippen LogP contribution in [0.25, 0.3) is 11.0 Å². The van der Waals surface area contributed by atoms with E-state index in [-0.39, 0.29) is 11.8 Å². The number of rotatable bonds is 3. The molecular formula is C20H21N5O3. The van der Waals surface area contributed by atoms with E-state index < -0.39 is 0 Å². The minimum absolute atomic E-state index is 0.0460. The molecule has 3 aromatic rings. The third-order valence-corrected chi connectivity index (χ3v) is 4.86. The third-order valence-electron chi connectivity index (χ3n) is 4.86. The molecule has 0 unspecified atom stereocenters. The molecule has 0 spiro atoms. The molecule has 8 nitrogen and oxygen atoms in total. The molecule has 144 valence electrons. The molecule has 1 N–H and O–H groups in total. The number of aryl methyl sites for hydroxylation is 2. The first-order valence-electron chi connectivity index (χ1n) is 9.10. The van der Waals surface area contributed by atoms with Crippen molar-refractivity contribution in [3.05, 3.63) is 53.3 Å². The van der Waals surface area contributed by atoms with Gasteiger partial charge in [0, 0.05) is 43.0 Å². The molecule has 2 amide bonds. The number of nitrogens with zero attached hydrogens (tertiary/aromatic N) is 4. The number of hydrogen-bond acceptors (Lipinski definition) is 5. The Labute approximate surface area is 162 Å². The topological polar surface area (TPSA) is 89.3 Å². The Morgan fingerprint density at radius 3 is 2.71 bits per heavy atom. The van der Waals surface area contributed by atoms with E-state index in [1.54, 1.807) is 41.0 Å². The number of carbonyl (C=O) groups is 2. The van der Waals surface area contributed by atoms with Gasteiger partial charge in [0.15, 0.2) is 5.65 Å². The van der Waals surface area contributed by atoms with E-state index >= 15 is 0 Å². The summed E-state index contributed by atoms with van der Waals surface area (Å²) >= 11 is 0. The van der Waals surface area contributed by atoms with Gasteiger partial charge in [-0.2, -0.15) is 5.10 Å². The SMILES string of the molecule is Cc1ccc(NC(=O)c2cnc3c(cnn3C)c2)cc1C(=O)N1CCOCC1. The van der Waals surface area contributed by atoms with Crippen LogP contribution in [-0.4, -0.2) is 57.8 Å². The number of hydrogen-bond donors (Lipinski definition) is 1. The summed E-state index contributed by atoms with van der Waals surface area (Å²) in [5.74, 6) is -0.331. The molecule has 1 aliphatic heterocycles. The molecule has 8 heteroatoms. The zero-order valence-electron chi connectivity index (χ0n) is 15.8. The predicted octanol–water partition coefficient (Wildman–Crippen LogP) is 2.00. The molecule has 4 rings (SSSR count). The number of anilines is 1. The van der Waals surface area contributed by atoms with E-state index in [0.29, 0.717) is 48.8 Å². The van der Waals surface area contributed by atoms with Crippen molar-refractivity contribution >= 4 is 28.5 Å². The molecule has 1 saturated heterocycles. The van der Waals surface area contributed by atoms with Crippen LogP contribution < -0.4 is 5.32 Å². The lowest BCUT2D eigenvalue weighted by molar-refractivity contribution is 0.0302. The molecule has 2 aromatic heterocycles. The molecule has 0 saturated carbocycles. The van der Waals surface area contributed by atoms with Gasteiger partial charge < -0.3 is 15.0 Å². The molecule has 0 radical (unpaired) electrons. The first kappa shape index (κ1) is 18.1. The Morgan fingerprint density at radius 2 is 1.93 bits per heavy atom. The smallest absolute Gasteiger partial charge is 0.257 e. The Hall–Kier alpha value is -3.26. The highest BCUT2D eigenvalue weighted by Crippen LogP contribution is 2.19. The van der Waals surface area contributed by atoms with Crippen molar-refractivity contribution in [3.8, 4) is 0 Å². The zero-order chi connectivity index (χ0) is 19.7. The standard InChI is InChI=1S/C20H21N5O3/c1-13-3-4-16(10-17(13)20(27)25-5-7-28-8-6-25)23-19(26)15-9-14-12-22-24(2)18(14)21-11-15/h3-4,9-12H,5-8H2,1-2H3,(H,23,26). The summed E-state index contributed by atoms with van der Waals surface area (Å²) in [6.07, 6.45) is 3.19. The van der Waals surface area contributed by atoms with Crippen molar-refractivity contribution in [1.29, 1.82) is 0 Å². The first-order chi connectivity index (χ1) is 13.5. The second kappa shape index (κ2) is 7.40. The van der Waals surface area contributed by atoms with E-state index in [9.17, 15) is 9.59 Å². The molecule has 1 aliphatic rings. The van der Waals surface area contributed by atoms with Gasteiger partial charge in [0.05, 0.1) is 25.0 Å². The van der Waals surface area contributed by atoms with Gasteiger partial charge in [-0.25, -0.2) is 4.98 Å². The predicted molar refractivity (Wildman–Crippen MR) is 104 cm³/mol. The molecular weight excluding hydrogens is 358 g/mol. The molecule has 0 aliphatic carbocycles. The highest BCUT2D eigenvalue weighted by atomic mass is 16.5. The number of amides is 2. The van der Waals surface area contributed by atoms with Crippen LogP contribution in [0.15, 0.2) is 36.7 Å². The number of nitrogens with one attached hydrogen (secondary N) is 1. The largest absolute Gasteiger partial charge is 0.378 e. The first-order valence-corrected chi connectivity index (χ1v) is 9.10. The Kier molecular flexibility index (Phi) is 4.79. The van der Waals surface area contributed by atoms with Crippen LogP contribution >= 0.6 is 0 Å². The Morgan fingerprint density at radius 1 is 1.14 bits per heavy atom. The van der Waals surface area contributed by atoms with Gasteiger partial charge in [0.2, 0.25) is 0 Å². The Bertz CT molecular complexity index is 1050. The monoisotopic (exact) mass is 379 g/mol. The lowest BCUT2D eigenvalue weighted by Crippen LogP contribution is -2.41. The fraction of sp³-hybridized carbons (Fsp3) is 0.300. The van der Waals surface area contributed by atoms with Crippen LogP contribution in [0.1, 0.15) is 26.3 Å². The molecule has 1 aromatic carbocycles. The number of morpholine rings is 1. The van der Waals surface area contributed by atoms with Crippen molar-refractivity contribution in [2.24, 2.45) is 7.05 Å².